The molecule has 0 saturated carbocycles. The van der Waals surface area contributed by atoms with Crippen molar-refractivity contribution in [3.8, 4) is 0 Å². The van der Waals surface area contributed by atoms with Gasteiger partial charge >= 0.3 is 5.97 Å². The van der Waals surface area contributed by atoms with E-state index in [-0.39, 0.29) is 5.82 Å². The van der Waals surface area contributed by atoms with Gasteiger partial charge in [-0.05, 0) is 19.3 Å². The van der Waals surface area contributed by atoms with Crippen molar-refractivity contribution < 1.29 is 9.53 Å². The molecule has 0 radical (unpaired) electrons. The average molecular weight is 262 g/mol. The van der Waals surface area contributed by atoms with Crippen LogP contribution in [-0.4, -0.2) is 48.7 Å². The molecule has 1 N–H and O–H groups in total. The smallest absolute Gasteiger partial charge is 0.376 e. The van der Waals surface area contributed by atoms with Crippen LogP contribution in [0.3, 0.4) is 0 Å². The summed E-state index contributed by atoms with van der Waals surface area (Å²) in [7, 11) is 1.35. The van der Waals surface area contributed by atoms with Gasteiger partial charge in [-0.25, -0.2) is 14.8 Å². The second kappa shape index (κ2) is 4.77. The zero-order chi connectivity index (χ0) is 13.4. The Balaban J connectivity index is 1.92. The van der Waals surface area contributed by atoms with Gasteiger partial charge in [0.2, 0.25) is 5.82 Å². The number of ether oxygens (including phenoxy) is 1. The van der Waals surface area contributed by atoms with Crippen LogP contribution < -0.4 is 10.2 Å². The number of esters is 1. The molecule has 2 aliphatic rings. The van der Waals surface area contributed by atoms with Crippen LogP contribution in [0.1, 0.15) is 22.7 Å². The summed E-state index contributed by atoms with van der Waals surface area (Å²) in [6.07, 6.45) is 1.17. The molecule has 1 aromatic heterocycles. The fourth-order valence-corrected chi connectivity index (χ4v) is 3.02. The van der Waals surface area contributed by atoms with Crippen LogP contribution in [0.4, 0.5) is 5.82 Å². The first-order chi connectivity index (χ1) is 9.19. The van der Waals surface area contributed by atoms with Crippen LogP contribution in [0, 0.1) is 12.8 Å². The number of aromatic nitrogens is 2. The zero-order valence-corrected chi connectivity index (χ0v) is 11.2. The summed E-state index contributed by atoms with van der Waals surface area (Å²) in [5, 5.41) is 3.41. The van der Waals surface area contributed by atoms with Crippen molar-refractivity contribution in [2.45, 2.75) is 19.4 Å². The van der Waals surface area contributed by atoms with E-state index >= 15 is 0 Å². The minimum absolute atomic E-state index is 0.145. The lowest BCUT2D eigenvalue weighted by atomic mass is 10.1. The van der Waals surface area contributed by atoms with E-state index in [0.717, 1.165) is 31.1 Å². The molecule has 2 saturated heterocycles. The second-order valence-corrected chi connectivity index (χ2v) is 5.15. The molecule has 6 nitrogen and oxygen atoms in total. The van der Waals surface area contributed by atoms with Gasteiger partial charge in [-0.2, -0.15) is 0 Å². The Morgan fingerprint density at radius 1 is 1.47 bits per heavy atom. The number of rotatable bonds is 2. The molecule has 0 unspecified atom stereocenters. The first-order valence-electron chi connectivity index (χ1n) is 6.60. The summed E-state index contributed by atoms with van der Waals surface area (Å²) in [5.41, 5.74) is 0.791. The van der Waals surface area contributed by atoms with Gasteiger partial charge in [-0.15, -0.1) is 0 Å². The van der Waals surface area contributed by atoms with E-state index in [9.17, 15) is 4.79 Å². The number of carbonyl (C=O) groups excluding carboxylic acids is 1. The van der Waals surface area contributed by atoms with E-state index in [1.165, 1.54) is 13.5 Å². The molecule has 2 atom stereocenters. The maximum absolute atomic E-state index is 11.6. The van der Waals surface area contributed by atoms with Crippen LogP contribution in [0.25, 0.3) is 0 Å². The van der Waals surface area contributed by atoms with E-state index in [4.69, 9.17) is 4.74 Å². The highest BCUT2D eigenvalue weighted by Gasteiger charge is 2.38. The number of hydrogen-bond acceptors (Lipinski definition) is 6. The van der Waals surface area contributed by atoms with Crippen molar-refractivity contribution in [1.29, 1.82) is 0 Å². The molecule has 6 heteroatoms. The summed E-state index contributed by atoms with van der Waals surface area (Å²) in [4.78, 5) is 22.4. The van der Waals surface area contributed by atoms with Gasteiger partial charge in [-0.1, -0.05) is 0 Å². The molecule has 0 aromatic carbocycles. The van der Waals surface area contributed by atoms with Crippen LogP contribution >= 0.6 is 0 Å². The normalized spacial score (nSPS) is 25.5. The Kier molecular flexibility index (Phi) is 3.10. The quantitative estimate of drug-likeness (QED) is 0.777. The zero-order valence-electron chi connectivity index (χ0n) is 11.2. The third-order valence-electron chi connectivity index (χ3n) is 3.95. The summed E-state index contributed by atoms with van der Waals surface area (Å²) < 4.78 is 4.70. The average Bonchev–Trinajstić information content (AvgIpc) is 2.99. The van der Waals surface area contributed by atoms with Gasteiger partial charge in [0.05, 0.1) is 7.11 Å². The van der Waals surface area contributed by atoms with Gasteiger partial charge in [-0.3, -0.25) is 0 Å². The molecule has 0 spiro atoms. The predicted octanol–water partition coefficient (Wildman–Crippen LogP) is 0.370. The number of nitrogens with zero attached hydrogens (tertiary/aromatic N) is 3. The molecule has 2 fully saturated rings. The molecule has 19 heavy (non-hydrogen) atoms. The summed E-state index contributed by atoms with van der Waals surface area (Å²) in [5.74, 6) is 1.19. The molecule has 3 heterocycles. The van der Waals surface area contributed by atoms with Crippen molar-refractivity contribution in [3.05, 3.63) is 17.6 Å². The highest BCUT2D eigenvalue weighted by molar-refractivity contribution is 5.85. The Morgan fingerprint density at radius 3 is 3.11 bits per heavy atom. The number of aryl methyl sites for hydroxylation is 1. The Morgan fingerprint density at radius 2 is 2.32 bits per heavy atom. The fraction of sp³-hybridized carbons (Fsp3) is 0.615. The SMILES string of the molecule is COC(=O)c1nc(C)cc(N2CC[C@H]3CNC[C@H]32)n1. The number of hydrogen-bond donors (Lipinski definition) is 1. The molecule has 2 aliphatic heterocycles. The van der Waals surface area contributed by atoms with Gasteiger partial charge in [0, 0.05) is 37.4 Å². The topological polar surface area (TPSA) is 67.3 Å². The summed E-state index contributed by atoms with van der Waals surface area (Å²) >= 11 is 0. The Hall–Kier alpha value is -1.69. The lowest BCUT2D eigenvalue weighted by Gasteiger charge is -2.24. The van der Waals surface area contributed by atoms with E-state index in [0.29, 0.717) is 12.0 Å². The van der Waals surface area contributed by atoms with E-state index < -0.39 is 5.97 Å². The highest BCUT2D eigenvalue weighted by Crippen LogP contribution is 2.31. The number of carbonyl (C=O) groups is 1. The van der Waals surface area contributed by atoms with Crippen LogP contribution in [-0.2, 0) is 4.74 Å². The minimum Gasteiger partial charge on any atom is -0.463 e. The van der Waals surface area contributed by atoms with E-state index in [2.05, 4.69) is 20.2 Å². The van der Waals surface area contributed by atoms with E-state index in [1.807, 2.05) is 13.0 Å². The maximum Gasteiger partial charge on any atom is 0.376 e. The molecule has 0 aliphatic carbocycles. The summed E-state index contributed by atoms with van der Waals surface area (Å²) in [6, 6.07) is 2.42. The molecule has 1 aromatic rings. The van der Waals surface area contributed by atoms with Crippen molar-refractivity contribution >= 4 is 11.8 Å². The standard InChI is InChI=1S/C13H18N4O2/c1-8-5-11(16-12(15-8)13(18)19-2)17-4-3-9-6-14-7-10(9)17/h5,9-10,14H,3-4,6-7H2,1-2H3/t9-,10+/m0/s1. The first-order valence-corrected chi connectivity index (χ1v) is 6.60. The number of methoxy groups -OCH3 is 1. The molecular weight excluding hydrogens is 244 g/mol. The predicted molar refractivity (Wildman–Crippen MR) is 70.2 cm³/mol. The van der Waals surface area contributed by atoms with Crippen LogP contribution in [0.2, 0.25) is 0 Å². The highest BCUT2D eigenvalue weighted by atomic mass is 16.5. The molecular formula is C13H18N4O2. The third-order valence-corrected chi connectivity index (χ3v) is 3.95. The van der Waals surface area contributed by atoms with E-state index in [1.54, 1.807) is 0 Å². The van der Waals surface area contributed by atoms with Crippen LogP contribution in [0.5, 0.6) is 0 Å². The number of anilines is 1. The first kappa shape index (κ1) is 12.3. The van der Waals surface area contributed by atoms with Gasteiger partial charge in [0.1, 0.15) is 5.82 Å². The Labute approximate surface area is 112 Å². The molecule has 102 valence electrons. The third kappa shape index (κ3) is 2.16. The van der Waals surface area contributed by atoms with Crippen molar-refractivity contribution in [2.24, 2.45) is 5.92 Å². The monoisotopic (exact) mass is 262 g/mol. The van der Waals surface area contributed by atoms with Crippen molar-refractivity contribution in [2.75, 3.05) is 31.6 Å². The largest absolute Gasteiger partial charge is 0.463 e. The molecule has 3 rings (SSSR count). The van der Waals surface area contributed by atoms with Crippen molar-refractivity contribution in [3.63, 3.8) is 0 Å². The lowest BCUT2D eigenvalue weighted by Crippen LogP contribution is -2.35. The molecule has 0 amide bonds. The van der Waals surface area contributed by atoms with Crippen LogP contribution in [0.15, 0.2) is 6.07 Å². The fourth-order valence-electron chi connectivity index (χ4n) is 3.02. The lowest BCUT2D eigenvalue weighted by molar-refractivity contribution is 0.0586. The number of nitrogens with one attached hydrogen (secondary N) is 1. The minimum atomic E-state index is -0.481. The maximum atomic E-state index is 11.6. The van der Waals surface area contributed by atoms with Gasteiger partial charge in [0.15, 0.2) is 0 Å². The summed E-state index contributed by atoms with van der Waals surface area (Å²) in [6.45, 7) is 4.93. The second-order valence-electron chi connectivity index (χ2n) is 5.15. The van der Waals surface area contributed by atoms with Gasteiger partial charge in [0.25, 0.3) is 0 Å². The van der Waals surface area contributed by atoms with Gasteiger partial charge < -0.3 is 15.0 Å². The number of fused-ring (bicyclic) bond motifs is 1. The molecule has 0 bridgehead atoms. The van der Waals surface area contributed by atoms with Crippen molar-refractivity contribution in [1.82, 2.24) is 15.3 Å². The Bertz CT molecular complexity index is 505.